The van der Waals surface area contributed by atoms with Crippen molar-refractivity contribution in [3.05, 3.63) is 66.3 Å². The number of likely N-dealkylation sites (tertiary alicyclic amines) is 1. The second-order valence-electron chi connectivity index (χ2n) is 8.94. The van der Waals surface area contributed by atoms with Crippen LogP contribution in [-0.4, -0.2) is 60.4 Å². The van der Waals surface area contributed by atoms with Crippen LogP contribution in [0.25, 0.3) is 0 Å². The minimum atomic E-state index is -1.03. The topological polar surface area (TPSA) is 144 Å². The fourth-order valence-electron chi connectivity index (χ4n) is 4.25. The van der Waals surface area contributed by atoms with Gasteiger partial charge < -0.3 is 11.1 Å². The highest BCUT2D eigenvalue weighted by Crippen LogP contribution is 2.33. The van der Waals surface area contributed by atoms with E-state index in [1.54, 1.807) is 80.3 Å². The first kappa shape index (κ1) is 24.6. The van der Waals surface area contributed by atoms with Gasteiger partial charge in [0.15, 0.2) is 5.82 Å². The Hall–Kier alpha value is -4.48. The fourth-order valence-corrected chi connectivity index (χ4v) is 4.25. The number of imide groups is 1. The molecule has 1 saturated heterocycles. The SMILES string of the molecule is C=C(C)[C@@H](NC(=O)N1C(=O)[C@H](Cc2ccnc(N)c2)[C@H]1C(=O)N(C)c1ccn(C)n1)c1ccn(C)n1. The van der Waals surface area contributed by atoms with Gasteiger partial charge in [-0.15, -0.1) is 0 Å². The minimum Gasteiger partial charge on any atom is -0.384 e. The van der Waals surface area contributed by atoms with E-state index in [0.29, 0.717) is 22.9 Å². The predicted octanol–water partition coefficient (Wildman–Crippen LogP) is 1.19. The number of carbonyl (C=O) groups excluding carboxylic acids is 3. The van der Waals surface area contributed by atoms with Crippen molar-refractivity contribution in [2.24, 2.45) is 20.0 Å². The number of nitrogens with zero attached hydrogens (tertiary/aromatic N) is 7. The van der Waals surface area contributed by atoms with Gasteiger partial charge in [-0.25, -0.2) is 9.78 Å². The number of hydrogen-bond acceptors (Lipinski definition) is 7. The Kier molecular flexibility index (Phi) is 6.60. The van der Waals surface area contributed by atoms with Crippen molar-refractivity contribution >= 4 is 29.5 Å². The van der Waals surface area contributed by atoms with Crippen molar-refractivity contribution in [3.8, 4) is 0 Å². The molecule has 0 spiro atoms. The molecule has 0 aromatic carbocycles. The molecule has 3 atom stereocenters. The van der Waals surface area contributed by atoms with E-state index >= 15 is 0 Å². The predicted molar refractivity (Wildman–Crippen MR) is 132 cm³/mol. The summed E-state index contributed by atoms with van der Waals surface area (Å²) in [5.41, 5.74) is 7.74. The number of nitrogen functional groups attached to an aromatic ring is 1. The first-order chi connectivity index (χ1) is 17.1. The molecule has 1 fully saturated rings. The van der Waals surface area contributed by atoms with Gasteiger partial charge in [0.25, 0.3) is 5.91 Å². The first-order valence-electron chi connectivity index (χ1n) is 11.3. The van der Waals surface area contributed by atoms with Gasteiger partial charge in [0.05, 0.1) is 17.7 Å². The molecular formula is C24H29N9O3. The first-order valence-corrected chi connectivity index (χ1v) is 11.3. The van der Waals surface area contributed by atoms with Gasteiger partial charge in [-0.05, 0) is 37.1 Å². The van der Waals surface area contributed by atoms with Gasteiger partial charge in [-0.1, -0.05) is 12.2 Å². The summed E-state index contributed by atoms with van der Waals surface area (Å²) in [5.74, 6) is -0.934. The molecule has 1 aliphatic rings. The summed E-state index contributed by atoms with van der Waals surface area (Å²) in [6.07, 6.45) is 5.22. The third-order valence-corrected chi connectivity index (χ3v) is 6.15. The number of likely N-dealkylation sites (N-methyl/N-ethyl adjacent to an activating group) is 1. The van der Waals surface area contributed by atoms with Crippen LogP contribution in [0.5, 0.6) is 0 Å². The Balaban J connectivity index is 1.61. The number of nitrogens with one attached hydrogen (secondary N) is 1. The van der Waals surface area contributed by atoms with E-state index in [1.165, 1.54) is 4.90 Å². The van der Waals surface area contributed by atoms with Crippen molar-refractivity contribution in [1.29, 1.82) is 0 Å². The fraction of sp³-hybridized carbons (Fsp3) is 0.333. The second-order valence-corrected chi connectivity index (χ2v) is 8.94. The van der Waals surface area contributed by atoms with E-state index < -0.39 is 35.8 Å². The van der Waals surface area contributed by atoms with Gasteiger partial charge in [0.1, 0.15) is 11.9 Å². The van der Waals surface area contributed by atoms with Crippen molar-refractivity contribution in [3.63, 3.8) is 0 Å². The number of aromatic nitrogens is 5. The maximum atomic E-state index is 13.6. The molecule has 4 amide bonds. The quantitative estimate of drug-likeness (QED) is 0.373. The highest BCUT2D eigenvalue weighted by Gasteiger charge is 2.55. The molecule has 36 heavy (non-hydrogen) atoms. The Bertz CT molecular complexity index is 1330. The average Bonchev–Trinajstić information content (AvgIpc) is 3.46. The molecule has 0 unspecified atom stereocenters. The minimum absolute atomic E-state index is 0.228. The van der Waals surface area contributed by atoms with Crippen LogP contribution in [0.3, 0.4) is 0 Å². The maximum absolute atomic E-state index is 13.6. The van der Waals surface area contributed by atoms with Gasteiger partial charge in [-0.2, -0.15) is 10.2 Å². The van der Waals surface area contributed by atoms with E-state index in [2.05, 4.69) is 27.1 Å². The van der Waals surface area contributed by atoms with Crippen LogP contribution in [0.4, 0.5) is 16.4 Å². The van der Waals surface area contributed by atoms with Crippen LogP contribution in [0, 0.1) is 5.92 Å². The smallest absolute Gasteiger partial charge is 0.325 e. The van der Waals surface area contributed by atoms with Crippen LogP contribution >= 0.6 is 0 Å². The van der Waals surface area contributed by atoms with E-state index in [1.807, 2.05) is 0 Å². The monoisotopic (exact) mass is 491 g/mol. The lowest BCUT2D eigenvalue weighted by molar-refractivity contribution is -0.156. The summed E-state index contributed by atoms with van der Waals surface area (Å²) in [6.45, 7) is 5.70. The molecule has 4 heterocycles. The number of carbonyl (C=O) groups is 3. The zero-order chi connectivity index (χ0) is 26.1. The van der Waals surface area contributed by atoms with Crippen molar-refractivity contribution < 1.29 is 14.4 Å². The number of pyridine rings is 1. The molecule has 188 valence electrons. The molecule has 3 aromatic heterocycles. The molecule has 0 aliphatic carbocycles. The summed E-state index contributed by atoms with van der Waals surface area (Å²) in [4.78, 5) is 46.5. The van der Waals surface area contributed by atoms with Crippen molar-refractivity contribution in [2.45, 2.75) is 25.4 Å². The number of anilines is 2. The molecule has 3 N–H and O–H groups in total. The molecular weight excluding hydrogens is 462 g/mol. The standard InChI is InChI=1S/C24H29N9O3/c1-14(2)20(17-7-10-30(3)28-17)27-24(36)33-21(23(35)32(5)19-8-11-31(4)29-19)16(22(33)34)12-15-6-9-26-18(25)13-15/h6-11,13,16,20-21H,1,12H2,2-5H3,(H2,25,26)(H,27,36)/t16-,20-,21+/m1/s1. The van der Waals surface area contributed by atoms with E-state index in [0.717, 1.165) is 10.5 Å². The molecule has 0 saturated carbocycles. The highest BCUT2D eigenvalue weighted by molar-refractivity contribution is 6.12. The molecule has 12 heteroatoms. The number of β-lactam (4-membered cyclic amide) rings is 1. The second kappa shape index (κ2) is 9.64. The summed E-state index contributed by atoms with van der Waals surface area (Å²) >= 11 is 0. The summed E-state index contributed by atoms with van der Waals surface area (Å²) < 4.78 is 3.17. The maximum Gasteiger partial charge on any atom is 0.325 e. The van der Waals surface area contributed by atoms with Gasteiger partial charge in [-0.3, -0.25) is 28.8 Å². The zero-order valence-corrected chi connectivity index (χ0v) is 20.6. The lowest BCUT2D eigenvalue weighted by Gasteiger charge is -2.45. The lowest BCUT2D eigenvalue weighted by atomic mass is 9.81. The molecule has 4 rings (SSSR count). The summed E-state index contributed by atoms with van der Waals surface area (Å²) in [7, 11) is 5.06. The van der Waals surface area contributed by atoms with Crippen LogP contribution < -0.4 is 16.0 Å². The van der Waals surface area contributed by atoms with E-state index in [9.17, 15) is 14.4 Å². The summed E-state index contributed by atoms with van der Waals surface area (Å²) in [5, 5.41) is 11.4. The molecule has 12 nitrogen and oxygen atoms in total. The third-order valence-electron chi connectivity index (χ3n) is 6.15. The molecule has 1 aliphatic heterocycles. The van der Waals surface area contributed by atoms with Crippen LogP contribution in [0.1, 0.15) is 24.2 Å². The summed E-state index contributed by atoms with van der Waals surface area (Å²) in [6, 6.07) is 4.46. The van der Waals surface area contributed by atoms with Gasteiger partial charge in [0.2, 0.25) is 5.91 Å². The highest BCUT2D eigenvalue weighted by atomic mass is 16.2. The van der Waals surface area contributed by atoms with Crippen LogP contribution in [-0.2, 0) is 30.1 Å². The van der Waals surface area contributed by atoms with E-state index in [4.69, 9.17) is 5.73 Å². The normalized spacial score (nSPS) is 17.9. The number of nitrogens with two attached hydrogens (primary N) is 1. The van der Waals surface area contributed by atoms with E-state index in [-0.39, 0.29) is 6.42 Å². The van der Waals surface area contributed by atoms with Gasteiger partial charge in [0, 0.05) is 45.8 Å². The number of amides is 4. The Morgan fingerprint density at radius 2 is 1.89 bits per heavy atom. The number of hydrogen-bond donors (Lipinski definition) is 2. The number of aryl methyl sites for hydroxylation is 2. The third kappa shape index (κ3) is 4.69. The molecule has 3 aromatic rings. The zero-order valence-electron chi connectivity index (χ0n) is 20.6. The average molecular weight is 492 g/mol. The Morgan fingerprint density at radius 1 is 1.19 bits per heavy atom. The molecule has 0 bridgehead atoms. The largest absolute Gasteiger partial charge is 0.384 e. The molecule has 0 radical (unpaired) electrons. The van der Waals surface area contributed by atoms with Gasteiger partial charge >= 0.3 is 6.03 Å². The Labute approximate surface area is 208 Å². The van der Waals surface area contributed by atoms with Crippen LogP contribution in [0.2, 0.25) is 0 Å². The number of rotatable bonds is 7. The lowest BCUT2D eigenvalue weighted by Crippen LogP contribution is -2.70. The number of urea groups is 1. The Morgan fingerprint density at radius 3 is 2.47 bits per heavy atom. The van der Waals surface area contributed by atoms with Crippen LogP contribution in [0.15, 0.2) is 55.0 Å². The van der Waals surface area contributed by atoms with Crippen molar-refractivity contribution in [1.82, 2.24) is 34.8 Å². The van der Waals surface area contributed by atoms with Crippen molar-refractivity contribution in [2.75, 3.05) is 17.7 Å².